The second-order valence-corrected chi connectivity index (χ2v) is 6.05. The van der Waals surface area contributed by atoms with Crippen LogP contribution in [0.4, 0.5) is 0 Å². The molecular formula is C12H21N3S. The van der Waals surface area contributed by atoms with Crippen molar-refractivity contribution in [3.8, 4) is 0 Å². The van der Waals surface area contributed by atoms with Crippen LogP contribution < -0.4 is 5.32 Å². The van der Waals surface area contributed by atoms with Crippen LogP contribution in [0.1, 0.15) is 55.6 Å². The Morgan fingerprint density at radius 2 is 2.25 bits per heavy atom. The van der Waals surface area contributed by atoms with Gasteiger partial charge in [-0.1, -0.05) is 13.3 Å². The summed E-state index contributed by atoms with van der Waals surface area (Å²) in [6.45, 7) is 6.50. The molecule has 1 aromatic heterocycles. The summed E-state index contributed by atoms with van der Waals surface area (Å²) < 4.78 is 0. The summed E-state index contributed by atoms with van der Waals surface area (Å²) in [6, 6.07) is 1.04. The average molecular weight is 239 g/mol. The Bertz CT molecular complexity index is 337. The van der Waals surface area contributed by atoms with Crippen LogP contribution in [-0.2, 0) is 0 Å². The van der Waals surface area contributed by atoms with Crippen LogP contribution in [-0.4, -0.2) is 16.2 Å². The zero-order valence-electron chi connectivity index (χ0n) is 10.4. The lowest BCUT2D eigenvalue weighted by atomic mass is 10.1. The highest BCUT2D eigenvalue weighted by molar-refractivity contribution is 7.11. The molecule has 1 saturated carbocycles. The fourth-order valence-corrected chi connectivity index (χ4v) is 3.22. The molecule has 1 heterocycles. The predicted octanol–water partition coefficient (Wildman–Crippen LogP) is 3.08. The Morgan fingerprint density at radius 3 is 2.81 bits per heavy atom. The van der Waals surface area contributed by atoms with Crippen LogP contribution in [0.3, 0.4) is 0 Å². The van der Waals surface area contributed by atoms with E-state index in [4.69, 9.17) is 0 Å². The first-order valence-electron chi connectivity index (χ1n) is 6.25. The van der Waals surface area contributed by atoms with Gasteiger partial charge in [-0.2, -0.15) is 0 Å². The molecule has 0 bridgehead atoms. The van der Waals surface area contributed by atoms with Gasteiger partial charge >= 0.3 is 0 Å². The molecule has 1 fully saturated rings. The smallest absolute Gasteiger partial charge is 0.134 e. The average Bonchev–Trinajstić information content (AvgIpc) is 2.87. The Kier molecular flexibility index (Phi) is 3.92. The molecule has 4 heteroatoms. The van der Waals surface area contributed by atoms with Gasteiger partial charge in [0.25, 0.3) is 0 Å². The van der Waals surface area contributed by atoms with Crippen molar-refractivity contribution in [2.75, 3.05) is 0 Å². The van der Waals surface area contributed by atoms with Crippen molar-refractivity contribution in [3.05, 3.63) is 10.0 Å². The van der Waals surface area contributed by atoms with Crippen molar-refractivity contribution < 1.29 is 0 Å². The first-order chi connectivity index (χ1) is 7.69. The van der Waals surface area contributed by atoms with Gasteiger partial charge < -0.3 is 5.32 Å². The molecule has 3 atom stereocenters. The van der Waals surface area contributed by atoms with Gasteiger partial charge in [-0.05, 0) is 39.0 Å². The number of aryl methyl sites for hydroxylation is 1. The topological polar surface area (TPSA) is 37.8 Å². The Balaban J connectivity index is 1.86. The molecule has 3 unspecified atom stereocenters. The summed E-state index contributed by atoms with van der Waals surface area (Å²) in [4.78, 5) is 0. The zero-order chi connectivity index (χ0) is 11.5. The number of nitrogens with zero attached hydrogens (tertiary/aromatic N) is 2. The van der Waals surface area contributed by atoms with Crippen molar-refractivity contribution in [2.24, 2.45) is 5.92 Å². The molecule has 0 radical (unpaired) electrons. The summed E-state index contributed by atoms with van der Waals surface area (Å²) in [5, 5.41) is 14.1. The summed E-state index contributed by atoms with van der Waals surface area (Å²) in [5.74, 6) is 0.931. The third-order valence-corrected chi connectivity index (χ3v) is 4.54. The van der Waals surface area contributed by atoms with E-state index >= 15 is 0 Å². The molecule has 1 N–H and O–H groups in total. The van der Waals surface area contributed by atoms with Crippen LogP contribution in [0, 0.1) is 12.8 Å². The Labute approximate surface area is 102 Å². The zero-order valence-corrected chi connectivity index (χ0v) is 11.2. The van der Waals surface area contributed by atoms with Gasteiger partial charge in [0.15, 0.2) is 0 Å². The highest BCUT2D eigenvalue weighted by atomic mass is 32.1. The second kappa shape index (κ2) is 5.23. The number of aromatic nitrogens is 2. The van der Waals surface area contributed by atoms with E-state index in [2.05, 4.69) is 29.4 Å². The summed E-state index contributed by atoms with van der Waals surface area (Å²) in [7, 11) is 0. The summed E-state index contributed by atoms with van der Waals surface area (Å²) in [6.07, 6.45) is 5.36. The number of hydrogen-bond acceptors (Lipinski definition) is 4. The molecule has 0 saturated heterocycles. The minimum Gasteiger partial charge on any atom is -0.305 e. The maximum Gasteiger partial charge on any atom is 0.134 e. The Hall–Kier alpha value is -0.480. The van der Waals surface area contributed by atoms with E-state index in [0.29, 0.717) is 12.1 Å². The molecule has 90 valence electrons. The maximum atomic E-state index is 4.20. The standard InChI is InChI=1S/C12H21N3S/c1-4-10-5-6-11(7-10)13-8(2)12-15-14-9(3)16-12/h8,10-11,13H,4-7H2,1-3H3. The predicted molar refractivity (Wildman–Crippen MR) is 67.6 cm³/mol. The molecule has 0 spiro atoms. The molecule has 0 amide bonds. The van der Waals surface area contributed by atoms with Gasteiger partial charge in [-0.25, -0.2) is 0 Å². The van der Waals surface area contributed by atoms with Crippen molar-refractivity contribution in [2.45, 2.75) is 58.5 Å². The minimum absolute atomic E-state index is 0.354. The molecule has 1 aliphatic carbocycles. The van der Waals surface area contributed by atoms with Gasteiger partial charge in [-0.3, -0.25) is 0 Å². The van der Waals surface area contributed by atoms with E-state index in [1.165, 1.54) is 25.7 Å². The largest absolute Gasteiger partial charge is 0.305 e. The molecule has 16 heavy (non-hydrogen) atoms. The highest BCUT2D eigenvalue weighted by Crippen LogP contribution is 2.29. The molecule has 2 rings (SSSR count). The van der Waals surface area contributed by atoms with E-state index in [1.807, 2.05) is 6.92 Å². The summed E-state index contributed by atoms with van der Waals surface area (Å²) in [5.41, 5.74) is 0. The van der Waals surface area contributed by atoms with Crippen LogP contribution in [0.2, 0.25) is 0 Å². The van der Waals surface area contributed by atoms with Gasteiger partial charge in [0.1, 0.15) is 10.0 Å². The van der Waals surface area contributed by atoms with E-state index in [0.717, 1.165) is 15.9 Å². The van der Waals surface area contributed by atoms with Crippen molar-refractivity contribution >= 4 is 11.3 Å². The van der Waals surface area contributed by atoms with Gasteiger partial charge in [0, 0.05) is 6.04 Å². The lowest BCUT2D eigenvalue weighted by Crippen LogP contribution is -2.29. The molecule has 1 aliphatic rings. The SMILES string of the molecule is CCC1CCC(NC(C)c2nnc(C)s2)C1. The van der Waals surface area contributed by atoms with Crippen molar-refractivity contribution in [1.82, 2.24) is 15.5 Å². The minimum atomic E-state index is 0.354. The molecule has 3 nitrogen and oxygen atoms in total. The molecule has 0 aliphatic heterocycles. The van der Waals surface area contributed by atoms with Crippen molar-refractivity contribution in [3.63, 3.8) is 0 Å². The lowest BCUT2D eigenvalue weighted by molar-refractivity contribution is 0.435. The quantitative estimate of drug-likeness (QED) is 0.877. The van der Waals surface area contributed by atoms with Crippen LogP contribution in [0.5, 0.6) is 0 Å². The van der Waals surface area contributed by atoms with Gasteiger partial charge in [-0.15, -0.1) is 21.5 Å². The fraction of sp³-hybridized carbons (Fsp3) is 0.833. The van der Waals surface area contributed by atoms with Gasteiger partial charge in [0.05, 0.1) is 6.04 Å². The highest BCUT2D eigenvalue weighted by Gasteiger charge is 2.25. The Morgan fingerprint density at radius 1 is 1.44 bits per heavy atom. The lowest BCUT2D eigenvalue weighted by Gasteiger charge is -2.17. The normalized spacial score (nSPS) is 27.2. The van der Waals surface area contributed by atoms with E-state index in [1.54, 1.807) is 11.3 Å². The monoisotopic (exact) mass is 239 g/mol. The van der Waals surface area contributed by atoms with Crippen LogP contribution >= 0.6 is 11.3 Å². The first kappa shape index (κ1) is 12.0. The third-order valence-electron chi connectivity index (χ3n) is 3.52. The molecule has 0 aromatic carbocycles. The number of rotatable bonds is 4. The molecule has 1 aromatic rings. The van der Waals surface area contributed by atoms with Gasteiger partial charge in [0.2, 0.25) is 0 Å². The van der Waals surface area contributed by atoms with Crippen LogP contribution in [0.15, 0.2) is 0 Å². The van der Waals surface area contributed by atoms with Crippen molar-refractivity contribution in [1.29, 1.82) is 0 Å². The fourth-order valence-electron chi connectivity index (χ4n) is 2.51. The maximum absolute atomic E-state index is 4.20. The second-order valence-electron chi connectivity index (χ2n) is 4.83. The molecular weight excluding hydrogens is 218 g/mol. The van der Waals surface area contributed by atoms with E-state index in [9.17, 15) is 0 Å². The first-order valence-corrected chi connectivity index (χ1v) is 7.06. The van der Waals surface area contributed by atoms with E-state index in [-0.39, 0.29) is 0 Å². The number of hydrogen-bond donors (Lipinski definition) is 1. The third kappa shape index (κ3) is 2.80. The van der Waals surface area contributed by atoms with Crippen LogP contribution in [0.25, 0.3) is 0 Å². The number of nitrogens with one attached hydrogen (secondary N) is 1. The van der Waals surface area contributed by atoms with E-state index < -0.39 is 0 Å². The summed E-state index contributed by atoms with van der Waals surface area (Å²) >= 11 is 1.70.